The molecule has 0 saturated heterocycles. The molecule has 0 bridgehead atoms. The smallest absolute Gasteiger partial charge is 0.253 e. The lowest BCUT2D eigenvalue weighted by Crippen LogP contribution is -1.97. The zero-order chi connectivity index (χ0) is 16.6. The van der Waals surface area contributed by atoms with Gasteiger partial charge >= 0.3 is 0 Å². The fourth-order valence-electron chi connectivity index (χ4n) is 2.83. The average molecular weight is 350 g/mol. The van der Waals surface area contributed by atoms with Crippen LogP contribution in [-0.2, 0) is 0 Å². The minimum absolute atomic E-state index is 0.577. The lowest BCUT2D eigenvalue weighted by Gasteiger charge is -2.07. The van der Waals surface area contributed by atoms with Gasteiger partial charge in [0, 0.05) is 18.2 Å². The van der Waals surface area contributed by atoms with Crippen molar-refractivity contribution < 1.29 is 9.47 Å². The Kier molecular flexibility index (Phi) is 3.38. The summed E-state index contributed by atoms with van der Waals surface area (Å²) in [5.74, 6) is 2.70. The van der Waals surface area contributed by atoms with Crippen LogP contribution in [0, 0.1) is 0 Å². The predicted octanol–water partition coefficient (Wildman–Crippen LogP) is 3.68. The normalized spacial score (nSPS) is 13.8. The summed E-state index contributed by atoms with van der Waals surface area (Å²) in [6.07, 6.45) is 2.64. The van der Waals surface area contributed by atoms with E-state index in [1.165, 1.54) is 0 Å². The van der Waals surface area contributed by atoms with Gasteiger partial charge in [0.1, 0.15) is 0 Å². The number of aromatic nitrogens is 4. The molecule has 0 fully saturated rings. The van der Waals surface area contributed by atoms with Crippen LogP contribution in [0.25, 0.3) is 27.7 Å². The maximum absolute atomic E-state index is 5.77. The van der Waals surface area contributed by atoms with Gasteiger partial charge in [-0.05, 0) is 35.7 Å². The number of rotatable bonds is 2. The van der Waals surface area contributed by atoms with Gasteiger partial charge in [-0.15, -0.1) is 16.4 Å². The maximum atomic E-state index is 5.77. The minimum atomic E-state index is 0.577. The molecule has 25 heavy (non-hydrogen) atoms. The van der Waals surface area contributed by atoms with Gasteiger partial charge in [-0.25, -0.2) is 4.98 Å². The molecule has 0 unspecified atom stereocenters. The highest BCUT2D eigenvalue weighted by molar-refractivity contribution is 7.13. The molecule has 0 saturated carbocycles. The Morgan fingerprint density at radius 2 is 1.96 bits per heavy atom. The topological polar surface area (TPSA) is 61.5 Å². The van der Waals surface area contributed by atoms with Crippen molar-refractivity contribution in [3.05, 3.63) is 48.0 Å². The molecule has 3 aromatic heterocycles. The van der Waals surface area contributed by atoms with Crippen molar-refractivity contribution in [3.63, 3.8) is 0 Å². The van der Waals surface area contributed by atoms with E-state index in [4.69, 9.17) is 9.47 Å². The second kappa shape index (κ2) is 5.86. The molecular weight excluding hydrogens is 336 g/mol. The molecule has 6 nitrogen and oxygen atoms in total. The van der Waals surface area contributed by atoms with Crippen molar-refractivity contribution in [1.82, 2.24) is 19.6 Å². The van der Waals surface area contributed by atoms with E-state index in [1.807, 2.05) is 35.7 Å². The Hall–Kier alpha value is -2.93. The van der Waals surface area contributed by atoms with E-state index in [0.717, 1.165) is 34.1 Å². The van der Waals surface area contributed by atoms with Crippen molar-refractivity contribution >= 4 is 17.1 Å². The number of thiophene rings is 1. The predicted molar refractivity (Wildman–Crippen MR) is 95.1 cm³/mol. The largest absolute Gasteiger partial charge is 0.490 e. The van der Waals surface area contributed by atoms with Crippen molar-refractivity contribution in [2.75, 3.05) is 13.2 Å². The van der Waals surface area contributed by atoms with Gasteiger partial charge in [0.25, 0.3) is 5.78 Å². The van der Waals surface area contributed by atoms with Gasteiger partial charge in [-0.3, -0.25) is 0 Å². The lowest BCUT2D eigenvalue weighted by atomic mass is 10.2. The first-order chi connectivity index (χ1) is 12.4. The van der Waals surface area contributed by atoms with Crippen LogP contribution >= 0.6 is 11.3 Å². The van der Waals surface area contributed by atoms with Gasteiger partial charge in [0.2, 0.25) is 0 Å². The first-order valence-electron chi connectivity index (χ1n) is 8.04. The summed E-state index contributed by atoms with van der Waals surface area (Å²) in [5, 5.41) is 6.71. The van der Waals surface area contributed by atoms with Crippen LogP contribution in [0.1, 0.15) is 6.42 Å². The molecule has 0 radical (unpaired) electrons. The Bertz CT molecular complexity index is 1040. The third kappa shape index (κ3) is 2.53. The SMILES string of the molecule is c1csc(-c2ccnc3nc(-c4ccc5c(c4)OCCCO5)nn23)c1. The van der Waals surface area contributed by atoms with Crippen LogP contribution in [0.5, 0.6) is 11.5 Å². The van der Waals surface area contributed by atoms with Crippen LogP contribution in [0.4, 0.5) is 0 Å². The van der Waals surface area contributed by atoms with Crippen molar-refractivity contribution in [2.45, 2.75) is 6.42 Å². The van der Waals surface area contributed by atoms with Crippen molar-refractivity contribution in [1.29, 1.82) is 0 Å². The summed E-state index contributed by atoms with van der Waals surface area (Å²) in [7, 11) is 0. The molecular formula is C18H14N4O2S. The van der Waals surface area contributed by atoms with Crippen molar-refractivity contribution in [2.24, 2.45) is 0 Å². The number of fused-ring (bicyclic) bond motifs is 2. The van der Waals surface area contributed by atoms with E-state index < -0.39 is 0 Å². The molecule has 124 valence electrons. The third-order valence-electron chi connectivity index (χ3n) is 4.02. The van der Waals surface area contributed by atoms with E-state index in [9.17, 15) is 0 Å². The Balaban J connectivity index is 1.62. The Labute approximate surface area is 147 Å². The van der Waals surface area contributed by atoms with Gasteiger partial charge < -0.3 is 9.47 Å². The fourth-order valence-corrected chi connectivity index (χ4v) is 3.57. The van der Waals surface area contributed by atoms with Crippen LogP contribution in [0.15, 0.2) is 48.0 Å². The third-order valence-corrected chi connectivity index (χ3v) is 4.91. The fraction of sp³-hybridized carbons (Fsp3) is 0.167. The molecule has 1 aliphatic rings. The molecule has 0 amide bonds. The average Bonchev–Trinajstić information content (AvgIpc) is 3.26. The summed E-state index contributed by atoms with van der Waals surface area (Å²) < 4.78 is 13.2. The van der Waals surface area contributed by atoms with Crippen LogP contribution in [-0.4, -0.2) is 32.8 Å². The number of nitrogens with zero attached hydrogens (tertiary/aromatic N) is 4. The molecule has 5 rings (SSSR count). The monoisotopic (exact) mass is 350 g/mol. The molecule has 1 aromatic carbocycles. The molecule has 0 spiro atoms. The van der Waals surface area contributed by atoms with E-state index in [0.29, 0.717) is 24.8 Å². The summed E-state index contributed by atoms with van der Waals surface area (Å²) in [6, 6.07) is 11.8. The first-order valence-corrected chi connectivity index (χ1v) is 8.92. The molecule has 0 aliphatic carbocycles. The lowest BCUT2D eigenvalue weighted by molar-refractivity contribution is 0.297. The standard InChI is InChI=1S/C18H14N4O2S/c1-3-16(25-10-1)13-6-7-19-18-20-17(21-22(13)18)12-4-5-14-15(11-12)24-9-2-8-23-14/h1,3-7,10-11H,2,8-9H2. The van der Waals surface area contributed by atoms with E-state index in [2.05, 4.69) is 21.1 Å². The molecule has 1 aliphatic heterocycles. The zero-order valence-corrected chi connectivity index (χ0v) is 14.1. The number of benzene rings is 1. The molecule has 7 heteroatoms. The van der Waals surface area contributed by atoms with Crippen LogP contribution in [0.2, 0.25) is 0 Å². The van der Waals surface area contributed by atoms with E-state index >= 15 is 0 Å². The van der Waals surface area contributed by atoms with Crippen LogP contribution < -0.4 is 9.47 Å². The van der Waals surface area contributed by atoms with E-state index in [1.54, 1.807) is 22.0 Å². The zero-order valence-electron chi connectivity index (χ0n) is 13.3. The maximum Gasteiger partial charge on any atom is 0.253 e. The quantitative estimate of drug-likeness (QED) is 0.552. The molecule has 4 aromatic rings. The Morgan fingerprint density at radius 3 is 2.84 bits per heavy atom. The van der Waals surface area contributed by atoms with Crippen LogP contribution in [0.3, 0.4) is 0 Å². The van der Waals surface area contributed by atoms with Gasteiger partial charge in [0.15, 0.2) is 17.3 Å². The van der Waals surface area contributed by atoms with Gasteiger partial charge in [0.05, 0.1) is 23.8 Å². The molecule has 4 heterocycles. The highest BCUT2D eigenvalue weighted by Gasteiger charge is 2.15. The minimum Gasteiger partial charge on any atom is -0.490 e. The molecule has 0 atom stereocenters. The summed E-state index contributed by atoms with van der Waals surface area (Å²) in [6.45, 7) is 1.33. The van der Waals surface area contributed by atoms with Gasteiger partial charge in [-0.2, -0.15) is 9.50 Å². The van der Waals surface area contributed by atoms with Crippen molar-refractivity contribution in [3.8, 4) is 33.5 Å². The number of hydrogen-bond donors (Lipinski definition) is 0. The second-order valence-electron chi connectivity index (χ2n) is 5.67. The first kappa shape index (κ1) is 14.4. The summed E-state index contributed by atoms with van der Waals surface area (Å²) >= 11 is 1.66. The number of ether oxygens (including phenoxy) is 2. The van der Waals surface area contributed by atoms with E-state index in [-0.39, 0.29) is 0 Å². The summed E-state index contributed by atoms with van der Waals surface area (Å²) in [5.41, 5.74) is 1.86. The highest BCUT2D eigenvalue weighted by Crippen LogP contribution is 2.33. The Morgan fingerprint density at radius 1 is 1.04 bits per heavy atom. The summed E-state index contributed by atoms with van der Waals surface area (Å²) in [4.78, 5) is 10.0. The van der Waals surface area contributed by atoms with Gasteiger partial charge in [-0.1, -0.05) is 6.07 Å². The molecule has 0 N–H and O–H groups in total. The second-order valence-corrected chi connectivity index (χ2v) is 6.61. The number of hydrogen-bond acceptors (Lipinski definition) is 6. The highest BCUT2D eigenvalue weighted by atomic mass is 32.1.